The molecule has 3 heteroatoms. The summed E-state index contributed by atoms with van der Waals surface area (Å²) in [7, 11) is 4.15. The number of benzene rings is 2. The first-order valence-electron chi connectivity index (χ1n) is 7.74. The van der Waals surface area contributed by atoms with Gasteiger partial charge >= 0.3 is 0 Å². The Morgan fingerprint density at radius 1 is 1.14 bits per heavy atom. The fourth-order valence-corrected chi connectivity index (χ4v) is 3.70. The predicted molar refractivity (Wildman–Crippen MR) is 86.2 cm³/mol. The lowest BCUT2D eigenvalue weighted by Gasteiger charge is -2.41. The van der Waals surface area contributed by atoms with Gasteiger partial charge in [-0.15, -0.1) is 0 Å². The molecule has 0 fully saturated rings. The highest BCUT2D eigenvalue weighted by molar-refractivity contribution is 5.45. The number of hydrogen-bond donors (Lipinski definition) is 0. The van der Waals surface area contributed by atoms with Crippen LogP contribution < -0.4 is 0 Å². The topological polar surface area (TPSA) is 12.5 Å². The van der Waals surface area contributed by atoms with Crippen LogP contribution in [0.3, 0.4) is 0 Å². The molecule has 3 rings (SSSR count). The van der Waals surface area contributed by atoms with Gasteiger partial charge in [0, 0.05) is 6.04 Å². The molecule has 2 nitrogen and oxygen atoms in total. The highest BCUT2D eigenvalue weighted by atomic mass is 19.1. The Labute approximate surface area is 131 Å². The van der Waals surface area contributed by atoms with Gasteiger partial charge in [0.1, 0.15) is 11.4 Å². The molecule has 0 saturated heterocycles. The number of likely N-dealkylation sites (N-methyl/N-ethyl adjacent to an activating group) is 1. The first-order chi connectivity index (χ1) is 10.6. The molecule has 2 aromatic carbocycles. The molecule has 1 aliphatic heterocycles. The van der Waals surface area contributed by atoms with E-state index in [-0.39, 0.29) is 11.9 Å². The fraction of sp³-hybridized carbons (Fsp3) is 0.368. The summed E-state index contributed by atoms with van der Waals surface area (Å²) in [6.45, 7) is 2.76. The molecular weight excluding hydrogens is 277 g/mol. The lowest BCUT2D eigenvalue weighted by atomic mass is 9.78. The van der Waals surface area contributed by atoms with Crippen LogP contribution in [0.25, 0.3) is 0 Å². The van der Waals surface area contributed by atoms with Gasteiger partial charge in [0.25, 0.3) is 0 Å². The molecule has 0 saturated carbocycles. The van der Waals surface area contributed by atoms with Crippen molar-refractivity contribution in [2.75, 3.05) is 14.1 Å². The van der Waals surface area contributed by atoms with Gasteiger partial charge in [0.15, 0.2) is 0 Å². The van der Waals surface area contributed by atoms with Gasteiger partial charge in [-0.2, -0.15) is 0 Å². The Balaban J connectivity index is 2.22. The number of rotatable bonds is 4. The van der Waals surface area contributed by atoms with E-state index < -0.39 is 5.60 Å². The number of ether oxygens (including phenoxy) is 1. The van der Waals surface area contributed by atoms with Crippen molar-refractivity contribution in [1.29, 1.82) is 0 Å². The number of halogens is 1. The maximum Gasteiger partial charge on any atom is 0.134 e. The molecule has 0 spiro atoms. The van der Waals surface area contributed by atoms with Crippen LogP contribution in [0, 0.1) is 5.82 Å². The molecular formula is C19H22FNO. The molecule has 0 radical (unpaired) electrons. The summed E-state index contributed by atoms with van der Waals surface area (Å²) in [4.78, 5) is 2.20. The average molecular weight is 299 g/mol. The molecule has 22 heavy (non-hydrogen) atoms. The van der Waals surface area contributed by atoms with Crippen molar-refractivity contribution in [2.45, 2.75) is 31.6 Å². The quantitative estimate of drug-likeness (QED) is 0.848. The first-order valence-corrected chi connectivity index (χ1v) is 7.74. The lowest BCUT2D eigenvalue weighted by molar-refractivity contribution is -0.0611. The summed E-state index contributed by atoms with van der Waals surface area (Å²) >= 11 is 0. The SMILES string of the molecule is CCC(N(C)C)C1(c2ccc(F)cc2)OCc2ccccc21. The Morgan fingerprint density at radius 2 is 1.82 bits per heavy atom. The van der Waals surface area contributed by atoms with Crippen molar-refractivity contribution in [3.63, 3.8) is 0 Å². The van der Waals surface area contributed by atoms with Gasteiger partial charge in [-0.25, -0.2) is 4.39 Å². The van der Waals surface area contributed by atoms with E-state index in [2.05, 4.69) is 38.1 Å². The molecule has 2 aromatic rings. The molecule has 116 valence electrons. The number of nitrogens with zero attached hydrogens (tertiary/aromatic N) is 1. The van der Waals surface area contributed by atoms with E-state index in [0.29, 0.717) is 6.61 Å². The molecule has 0 aliphatic carbocycles. The molecule has 0 N–H and O–H groups in total. The highest BCUT2D eigenvalue weighted by Crippen LogP contribution is 2.46. The van der Waals surface area contributed by atoms with Crippen LogP contribution in [0.1, 0.15) is 30.0 Å². The van der Waals surface area contributed by atoms with E-state index in [9.17, 15) is 4.39 Å². The largest absolute Gasteiger partial charge is 0.359 e. The smallest absolute Gasteiger partial charge is 0.134 e. The second-order valence-electron chi connectivity index (χ2n) is 6.08. The van der Waals surface area contributed by atoms with E-state index in [1.54, 1.807) is 0 Å². The molecule has 2 unspecified atom stereocenters. The Morgan fingerprint density at radius 3 is 2.45 bits per heavy atom. The minimum Gasteiger partial charge on any atom is -0.359 e. The lowest BCUT2D eigenvalue weighted by Crippen LogP contribution is -2.48. The van der Waals surface area contributed by atoms with Gasteiger partial charge in [0.2, 0.25) is 0 Å². The first kappa shape index (κ1) is 15.2. The normalized spacial score (nSPS) is 21.9. The van der Waals surface area contributed by atoms with Crippen molar-refractivity contribution < 1.29 is 9.13 Å². The molecule has 0 bridgehead atoms. The molecule has 2 atom stereocenters. The summed E-state index contributed by atoms with van der Waals surface area (Å²) in [6.07, 6.45) is 0.943. The Kier molecular flexibility index (Phi) is 4.02. The fourth-order valence-electron chi connectivity index (χ4n) is 3.70. The van der Waals surface area contributed by atoms with Crippen LogP contribution in [-0.4, -0.2) is 25.0 Å². The van der Waals surface area contributed by atoms with Crippen molar-refractivity contribution in [2.24, 2.45) is 0 Å². The predicted octanol–water partition coefficient (Wildman–Crippen LogP) is 3.94. The maximum absolute atomic E-state index is 13.4. The maximum atomic E-state index is 13.4. The third-order valence-electron chi connectivity index (χ3n) is 4.63. The van der Waals surface area contributed by atoms with Crippen molar-refractivity contribution in [1.82, 2.24) is 4.90 Å². The zero-order valence-corrected chi connectivity index (χ0v) is 13.3. The van der Waals surface area contributed by atoms with Crippen LogP contribution in [0.2, 0.25) is 0 Å². The summed E-state index contributed by atoms with van der Waals surface area (Å²) < 4.78 is 19.8. The molecule has 0 aromatic heterocycles. The van der Waals surface area contributed by atoms with Crippen molar-refractivity contribution in [3.8, 4) is 0 Å². The van der Waals surface area contributed by atoms with Crippen molar-refractivity contribution >= 4 is 0 Å². The van der Waals surface area contributed by atoms with Gasteiger partial charge in [-0.05, 0) is 49.3 Å². The third kappa shape index (κ3) is 2.25. The van der Waals surface area contributed by atoms with E-state index in [0.717, 1.165) is 12.0 Å². The van der Waals surface area contributed by atoms with Crippen LogP contribution in [0.4, 0.5) is 4.39 Å². The van der Waals surface area contributed by atoms with Gasteiger partial charge in [-0.3, -0.25) is 0 Å². The Hall–Kier alpha value is -1.71. The minimum absolute atomic E-state index is 0.182. The number of fused-ring (bicyclic) bond motifs is 1. The highest BCUT2D eigenvalue weighted by Gasteiger charge is 2.48. The van der Waals surface area contributed by atoms with Crippen LogP contribution in [0.5, 0.6) is 0 Å². The summed E-state index contributed by atoms with van der Waals surface area (Å²) in [6, 6.07) is 15.3. The van der Waals surface area contributed by atoms with Crippen molar-refractivity contribution in [3.05, 3.63) is 71.0 Å². The second-order valence-corrected chi connectivity index (χ2v) is 6.08. The molecule has 1 aliphatic rings. The van der Waals surface area contributed by atoms with E-state index >= 15 is 0 Å². The molecule has 1 heterocycles. The third-order valence-corrected chi connectivity index (χ3v) is 4.63. The summed E-state index contributed by atoms with van der Waals surface area (Å²) in [5.74, 6) is -0.219. The standard InChI is InChI=1S/C19H22FNO/c1-4-18(21(2)3)19(15-9-11-16(20)12-10-15)17-8-6-5-7-14(17)13-22-19/h5-12,18H,4,13H2,1-3H3. The van der Waals surface area contributed by atoms with E-state index in [4.69, 9.17) is 4.74 Å². The zero-order chi connectivity index (χ0) is 15.7. The van der Waals surface area contributed by atoms with Crippen LogP contribution >= 0.6 is 0 Å². The van der Waals surface area contributed by atoms with Gasteiger partial charge in [-0.1, -0.05) is 43.3 Å². The Bertz CT molecular complexity index is 653. The number of hydrogen-bond acceptors (Lipinski definition) is 2. The average Bonchev–Trinajstić information content (AvgIpc) is 2.89. The summed E-state index contributed by atoms with van der Waals surface area (Å²) in [5, 5.41) is 0. The van der Waals surface area contributed by atoms with Gasteiger partial charge in [0.05, 0.1) is 6.61 Å². The van der Waals surface area contributed by atoms with Crippen LogP contribution in [0.15, 0.2) is 48.5 Å². The minimum atomic E-state index is -0.539. The molecule has 0 amide bonds. The zero-order valence-electron chi connectivity index (χ0n) is 13.3. The second kappa shape index (κ2) is 5.82. The monoisotopic (exact) mass is 299 g/mol. The van der Waals surface area contributed by atoms with E-state index in [1.165, 1.54) is 23.3 Å². The van der Waals surface area contributed by atoms with Gasteiger partial charge < -0.3 is 9.64 Å². The summed E-state index contributed by atoms with van der Waals surface area (Å²) in [5.41, 5.74) is 2.89. The van der Waals surface area contributed by atoms with Crippen LogP contribution in [-0.2, 0) is 16.9 Å². The van der Waals surface area contributed by atoms with E-state index in [1.807, 2.05) is 24.3 Å².